The Labute approximate surface area is 236 Å². The summed E-state index contributed by atoms with van der Waals surface area (Å²) < 4.78 is 36.8. The van der Waals surface area contributed by atoms with Gasteiger partial charge in [-0.15, -0.1) is 6.58 Å². The molecule has 5 rings (SSSR count). The first kappa shape index (κ1) is 27.8. The van der Waals surface area contributed by atoms with Crippen LogP contribution in [0.3, 0.4) is 0 Å². The summed E-state index contributed by atoms with van der Waals surface area (Å²) in [6, 6.07) is 17.7. The lowest BCUT2D eigenvalue weighted by Gasteiger charge is -2.44. The van der Waals surface area contributed by atoms with Crippen LogP contribution in [0.2, 0.25) is 0 Å². The van der Waals surface area contributed by atoms with E-state index in [1.807, 2.05) is 48.3 Å². The molecule has 0 unspecified atom stereocenters. The molecule has 9 heteroatoms. The summed E-state index contributed by atoms with van der Waals surface area (Å²) in [6.07, 6.45) is 5.92. The lowest BCUT2D eigenvalue weighted by atomic mass is 9.94. The number of pyridine rings is 2. The van der Waals surface area contributed by atoms with Crippen LogP contribution in [-0.2, 0) is 13.0 Å². The van der Waals surface area contributed by atoms with Crippen LogP contribution < -0.4 is 15.2 Å². The number of nitrogens with zero attached hydrogens (tertiary/aromatic N) is 4. The molecule has 41 heavy (non-hydrogen) atoms. The minimum Gasteiger partial charge on any atom is -0.482 e. The van der Waals surface area contributed by atoms with Crippen molar-refractivity contribution in [3.63, 3.8) is 0 Å². The lowest BCUT2D eigenvalue weighted by Crippen LogP contribution is -2.55. The van der Waals surface area contributed by atoms with Gasteiger partial charge in [0.05, 0.1) is 5.69 Å². The Kier molecular flexibility index (Phi) is 8.24. The van der Waals surface area contributed by atoms with Gasteiger partial charge in [-0.2, -0.15) is 0 Å². The van der Waals surface area contributed by atoms with E-state index in [0.29, 0.717) is 29.7 Å². The molecule has 7 nitrogen and oxygen atoms in total. The van der Waals surface area contributed by atoms with Crippen molar-refractivity contribution < 1.29 is 18.3 Å². The highest BCUT2D eigenvalue weighted by Crippen LogP contribution is 2.34. The zero-order chi connectivity index (χ0) is 28.9. The van der Waals surface area contributed by atoms with Crippen LogP contribution in [0.15, 0.2) is 96.6 Å². The number of fused-ring (bicyclic) bond motifs is 1. The van der Waals surface area contributed by atoms with Gasteiger partial charge in [-0.05, 0) is 47.4 Å². The van der Waals surface area contributed by atoms with E-state index in [4.69, 9.17) is 4.74 Å². The van der Waals surface area contributed by atoms with Crippen LogP contribution in [0, 0.1) is 11.6 Å². The quantitative estimate of drug-likeness (QED) is 0.246. The second-order valence-corrected chi connectivity index (χ2v) is 9.75. The average molecular weight is 557 g/mol. The Morgan fingerprint density at radius 3 is 2.51 bits per heavy atom. The summed E-state index contributed by atoms with van der Waals surface area (Å²) in [5.74, 6) is -2.43. The Morgan fingerprint density at radius 2 is 1.80 bits per heavy atom. The van der Waals surface area contributed by atoms with E-state index in [2.05, 4.69) is 11.6 Å². The van der Waals surface area contributed by atoms with E-state index >= 15 is 0 Å². The number of ether oxygens (including phenoxy) is 1. The molecule has 0 N–H and O–H groups in total. The van der Waals surface area contributed by atoms with Gasteiger partial charge in [-0.1, -0.05) is 55.8 Å². The summed E-state index contributed by atoms with van der Waals surface area (Å²) >= 11 is 0. The minimum atomic E-state index is -0.983. The third kappa shape index (κ3) is 5.61. The summed E-state index contributed by atoms with van der Waals surface area (Å²) in [7, 11) is 0. The molecule has 1 aliphatic heterocycles. The second-order valence-electron chi connectivity index (χ2n) is 9.75. The molecule has 0 saturated heterocycles. The third-order valence-corrected chi connectivity index (χ3v) is 6.95. The largest absolute Gasteiger partial charge is 0.482 e. The van der Waals surface area contributed by atoms with Gasteiger partial charge in [0.15, 0.2) is 23.1 Å². The highest BCUT2D eigenvalue weighted by molar-refractivity contribution is 5.96. The Bertz CT molecular complexity index is 1610. The molecule has 1 amide bonds. The molecule has 0 aliphatic carbocycles. The summed E-state index contributed by atoms with van der Waals surface area (Å²) in [4.78, 5) is 33.0. The van der Waals surface area contributed by atoms with Crippen molar-refractivity contribution in [1.82, 2.24) is 14.6 Å². The molecule has 2 aromatic carbocycles. The fourth-order valence-electron chi connectivity index (χ4n) is 5.10. The minimum absolute atomic E-state index is 0.0297. The fraction of sp³-hybridized carbons (Fsp3) is 0.219. The summed E-state index contributed by atoms with van der Waals surface area (Å²) in [5.41, 5.74) is 2.10. The SMILES string of the molecule is C=CCN1CN([C@@H](c2ccccn2)c2cc(F)c(F)cc2CCC)n2ccc(=O)c(OCc3ccccc3)c2C1=O. The molecule has 1 atom stereocenters. The third-order valence-electron chi connectivity index (χ3n) is 6.95. The van der Waals surface area contributed by atoms with Crippen molar-refractivity contribution in [2.75, 3.05) is 18.2 Å². The zero-order valence-electron chi connectivity index (χ0n) is 22.7. The van der Waals surface area contributed by atoms with Crippen molar-refractivity contribution >= 4 is 5.91 Å². The Morgan fingerprint density at radius 1 is 1.05 bits per heavy atom. The van der Waals surface area contributed by atoms with Crippen LogP contribution >= 0.6 is 0 Å². The molecule has 3 heterocycles. The van der Waals surface area contributed by atoms with Gasteiger partial charge in [0.2, 0.25) is 5.43 Å². The van der Waals surface area contributed by atoms with E-state index in [1.54, 1.807) is 29.1 Å². The van der Waals surface area contributed by atoms with Gasteiger partial charge in [0.25, 0.3) is 5.91 Å². The van der Waals surface area contributed by atoms with Crippen LogP contribution in [-0.4, -0.2) is 33.7 Å². The van der Waals surface area contributed by atoms with E-state index in [9.17, 15) is 18.4 Å². The highest BCUT2D eigenvalue weighted by atomic mass is 19.2. The second kappa shape index (κ2) is 12.2. The molecule has 210 valence electrons. The monoisotopic (exact) mass is 556 g/mol. The number of carbonyl (C=O) groups is 1. The van der Waals surface area contributed by atoms with Gasteiger partial charge >= 0.3 is 0 Å². The number of halogens is 2. The topological polar surface area (TPSA) is 67.7 Å². The maximum atomic E-state index is 14.8. The standard InChI is InChI=1S/C32H30F2N4O3/c1-3-10-23-18-25(33)26(34)19-24(23)29(27-13-8-9-15-35-27)38-21-36(16-4-2)32(40)30-31(28(39)14-17-37(30)38)41-20-22-11-6-5-7-12-22/h4-9,11-15,17-19,29H,2-3,10,16,20-21H2,1H3/t29-/m1/s1. The number of benzene rings is 2. The Hall–Kier alpha value is -4.79. The van der Waals surface area contributed by atoms with Crippen molar-refractivity contribution in [2.45, 2.75) is 32.4 Å². The predicted octanol–water partition coefficient (Wildman–Crippen LogP) is 5.38. The maximum absolute atomic E-state index is 14.8. The molecule has 2 aromatic heterocycles. The molecule has 4 aromatic rings. The average Bonchev–Trinajstić information content (AvgIpc) is 2.98. The van der Waals surface area contributed by atoms with Gasteiger partial charge < -0.3 is 9.64 Å². The number of amides is 1. The van der Waals surface area contributed by atoms with Crippen molar-refractivity contribution in [2.24, 2.45) is 0 Å². The summed E-state index contributed by atoms with van der Waals surface area (Å²) in [6.45, 7) is 6.08. The van der Waals surface area contributed by atoms with Crippen LogP contribution in [0.4, 0.5) is 8.78 Å². The van der Waals surface area contributed by atoms with Crippen molar-refractivity contribution in [1.29, 1.82) is 0 Å². The van der Waals surface area contributed by atoms with Crippen LogP contribution in [0.1, 0.15) is 52.3 Å². The number of rotatable bonds is 10. The zero-order valence-corrected chi connectivity index (χ0v) is 22.7. The molecular formula is C32H30F2N4O3. The van der Waals surface area contributed by atoms with Crippen LogP contribution in [0.5, 0.6) is 5.75 Å². The number of hydrogen-bond donors (Lipinski definition) is 0. The normalized spacial score (nSPS) is 13.6. The number of carbonyl (C=O) groups excluding carboxylic acids is 1. The number of hydrogen-bond acceptors (Lipinski definition) is 5. The van der Waals surface area contributed by atoms with Crippen molar-refractivity contribution in [3.8, 4) is 5.75 Å². The molecule has 0 radical (unpaired) electrons. The smallest absolute Gasteiger partial charge is 0.278 e. The first-order valence-corrected chi connectivity index (χ1v) is 13.4. The lowest BCUT2D eigenvalue weighted by molar-refractivity contribution is 0.0697. The molecule has 0 fully saturated rings. The van der Waals surface area contributed by atoms with Crippen LogP contribution in [0.25, 0.3) is 0 Å². The predicted molar refractivity (Wildman–Crippen MR) is 152 cm³/mol. The summed E-state index contributed by atoms with van der Waals surface area (Å²) in [5, 5.41) is 1.81. The highest BCUT2D eigenvalue weighted by Gasteiger charge is 2.38. The van der Waals surface area contributed by atoms with Gasteiger partial charge in [-0.3, -0.25) is 24.3 Å². The molecule has 0 bridgehead atoms. The van der Waals surface area contributed by atoms with Gasteiger partial charge in [-0.25, -0.2) is 8.78 Å². The molecule has 0 spiro atoms. The van der Waals surface area contributed by atoms with Crippen molar-refractivity contribution in [3.05, 3.63) is 142 Å². The maximum Gasteiger partial charge on any atom is 0.278 e. The molecule has 1 aliphatic rings. The fourth-order valence-corrected chi connectivity index (χ4v) is 5.10. The van der Waals surface area contributed by atoms with E-state index in [-0.39, 0.29) is 31.3 Å². The molecule has 0 saturated carbocycles. The number of aromatic nitrogens is 2. The first-order valence-electron chi connectivity index (χ1n) is 13.4. The van der Waals surface area contributed by atoms with E-state index in [0.717, 1.165) is 5.56 Å². The van der Waals surface area contributed by atoms with E-state index < -0.39 is 29.0 Å². The van der Waals surface area contributed by atoms with E-state index in [1.165, 1.54) is 29.3 Å². The first-order chi connectivity index (χ1) is 19.9. The van der Waals surface area contributed by atoms with Gasteiger partial charge in [0.1, 0.15) is 19.3 Å². The molecular weight excluding hydrogens is 526 g/mol. The van der Waals surface area contributed by atoms with Gasteiger partial charge in [0, 0.05) is 25.0 Å². The Balaban J connectivity index is 1.71. The number of aryl methyl sites for hydroxylation is 1.